The Hall–Kier alpha value is -1.77. The van der Waals surface area contributed by atoms with E-state index >= 15 is 0 Å². The monoisotopic (exact) mass is 319 g/mol. The number of halogens is 2. The molecule has 1 unspecified atom stereocenters. The summed E-state index contributed by atoms with van der Waals surface area (Å²) in [6.45, 7) is 1.23. The molecule has 0 aromatic heterocycles. The Bertz CT molecular complexity index is 543. The van der Waals surface area contributed by atoms with Crippen LogP contribution in [0.25, 0.3) is 0 Å². The van der Waals surface area contributed by atoms with Crippen LogP contribution in [0.5, 0.6) is 0 Å². The fourth-order valence-corrected chi connectivity index (χ4v) is 2.01. The number of nitrogens with zero attached hydrogens (tertiary/aromatic N) is 2. The maximum Gasteiger partial charge on any atom is 0.272 e. The lowest BCUT2D eigenvalue weighted by molar-refractivity contribution is -0.385. The quantitative estimate of drug-likeness (QED) is 0.660. The summed E-state index contributed by atoms with van der Waals surface area (Å²) >= 11 is 0. The zero-order valence-electron chi connectivity index (χ0n) is 11.0. The van der Waals surface area contributed by atoms with Crippen LogP contribution in [-0.4, -0.2) is 48.1 Å². The van der Waals surface area contributed by atoms with Crippen LogP contribution in [0.1, 0.15) is 10.4 Å². The molecule has 1 fully saturated rings. The number of amides is 1. The summed E-state index contributed by atoms with van der Waals surface area (Å²) < 4.78 is 19.1. The van der Waals surface area contributed by atoms with Gasteiger partial charge in [0.1, 0.15) is 5.82 Å². The van der Waals surface area contributed by atoms with Gasteiger partial charge in [-0.15, -0.1) is 12.4 Å². The SMILES string of the molecule is Cl.NCC1CN(C(=O)c2ccc([N+](=O)[O-])cc2F)CCO1. The molecular weight excluding hydrogens is 305 g/mol. The van der Waals surface area contributed by atoms with Gasteiger partial charge in [0.2, 0.25) is 0 Å². The molecular formula is C12H15ClFN3O4. The Morgan fingerprint density at radius 2 is 2.29 bits per heavy atom. The smallest absolute Gasteiger partial charge is 0.272 e. The van der Waals surface area contributed by atoms with Crippen molar-refractivity contribution in [2.24, 2.45) is 5.73 Å². The van der Waals surface area contributed by atoms with E-state index in [9.17, 15) is 19.3 Å². The van der Waals surface area contributed by atoms with Crippen LogP contribution < -0.4 is 5.73 Å². The highest BCUT2D eigenvalue weighted by Gasteiger charge is 2.26. The molecule has 0 bridgehead atoms. The molecule has 0 radical (unpaired) electrons. The first-order valence-corrected chi connectivity index (χ1v) is 6.08. The first-order valence-electron chi connectivity index (χ1n) is 6.08. The predicted octanol–water partition coefficient (Wildman–Crippen LogP) is 0.955. The van der Waals surface area contributed by atoms with Gasteiger partial charge in [0, 0.05) is 25.7 Å². The highest BCUT2D eigenvalue weighted by atomic mass is 35.5. The fraction of sp³-hybridized carbons (Fsp3) is 0.417. The molecule has 1 aromatic carbocycles. The predicted molar refractivity (Wildman–Crippen MR) is 75.0 cm³/mol. The summed E-state index contributed by atoms with van der Waals surface area (Å²) in [6.07, 6.45) is -0.270. The van der Waals surface area contributed by atoms with Gasteiger partial charge < -0.3 is 15.4 Å². The van der Waals surface area contributed by atoms with E-state index in [0.29, 0.717) is 13.2 Å². The average molecular weight is 320 g/mol. The number of carbonyl (C=O) groups is 1. The summed E-state index contributed by atoms with van der Waals surface area (Å²) in [5.74, 6) is -1.42. The van der Waals surface area contributed by atoms with E-state index in [4.69, 9.17) is 10.5 Å². The molecule has 1 aliphatic rings. The van der Waals surface area contributed by atoms with Crippen LogP contribution in [0, 0.1) is 15.9 Å². The van der Waals surface area contributed by atoms with E-state index < -0.39 is 16.6 Å². The van der Waals surface area contributed by atoms with Crippen molar-refractivity contribution in [1.82, 2.24) is 4.90 Å². The highest BCUT2D eigenvalue weighted by Crippen LogP contribution is 2.19. The second kappa shape index (κ2) is 7.30. The third-order valence-corrected chi connectivity index (χ3v) is 3.08. The van der Waals surface area contributed by atoms with Crippen molar-refractivity contribution in [3.05, 3.63) is 39.7 Å². The molecule has 1 aromatic rings. The van der Waals surface area contributed by atoms with Gasteiger partial charge in [-0.1, -0.05) is 0 Å². The van der Waals surface area contributed by atoms with Crippen LogP contribution in [-0.2, 0) is 4.74 Å². The van der Waals surface area contributed by atoms with Crippen molar-refractivity contribution in [3.8, 4) is 0 Å². The van der Waals surface area contributed by atoms with Crippen molar-refractivity contribution in [3.63, 3.8) is 0 Å². The Morgan fingerprint density at radius 3 is 2.86 bits per heavy atom. The lowest BCUT2D eigenvalue weighted by atomic mass is 10.1. The van der Waals surface area contributed by atoms with Gasteiger partial charge in [-0.2, -0.15) is 0 Å². The number of ether oxygens (including phenoxy) is 1. The number of nitrogens with two attached hydrogens (primary N) is 1. The van der Waals surface area contributed by atoms with E-state index in [2.05, 4.69) is 0 Å². The normalized spacial score (nSPS) is 18.0. The van der Waals surface area contributed by atoms with E-state index in [1.54, 1.807) is 0 Å². The van der Waals surface area contributed by atoms with E-state index in [1.165, 1.54) is 4.90 Å². The standard InChI is InChI=1S/C12H14FN3O4.ClH/c13-11-5-8(16(18)19)1-2-10(11)12(17)15-3-4-20-9(6-14)7-15;/h1-2,5,9H,3-4,6-7,14H2;1H. The molecule has 2 rings (SSSR count). The van der Waals surface area contributed by atoms with Crippen LogP contribution in [0.3, 0.4) is 0 Å². The van der Waals surface area contributed by atoms with Crippen molar-refractivity contribution < 1.29 is 18.8 Å². The number of carbonyl (C=O) groups excluding carboxylic acids is 1. The minimum atomic E-state index is -0.903. The maximum absolute atomic E-state index is 13.8. The Labute approximate surface area is 126 Å². The van der Waals surface area contributed by atoms with Crippen LogP contribution in [0.4, 0.5) is 10.1 Å². The van der Waals surface area contributed by atoms with Crippen LogP contribution in [0.2, 0.25) is 0 Å². The molecule has 2 N–H and O–H groups in total. The number of rotatable bonds is 3. The molecule has 1 amide bonds. The van der Waals surface area contributed by atoms with Crippen LogP contribution >= 0.6 is 12.4 Å². The number of morpholine rings is 1. The molecule has 7 nitrogen and oxygen atoms in total. The largest absolute Gasteiger partial charge is 0.373 e. The van der Waals surface area contributed by atoms with Gasteiger partial charge in [-0.3, -0.25) is 14.9 Å². The Balaban J connectivity index is 0.00000220. The number of nitro groups is 1. The third-order valence-electron chi connectivity index (χ3n) is 3.08. The molecule has 1 saturated heterocycles. The molecule has 9 heteroatoms. The van der Waals surface area contributed by atoms with Gasteiger partial charge in [0.25, 0.3) is 11.6 Å². The number of nitro benzene ring substituents is 1. The summed E-state index contributed by atoms with van der Waals surface area (Å²) in [4.78, 5) is 23.4. The van der Waals surface area contributed by atoms with Crippen molar-refractivity contribution in [2.45, 2.75) is 6.10 Å². The molecule has 1 atom stereocenters. The van der Waals surface area contributed by atoms with E-state index in [-0.39, 0.29) is 42.9 Å². The van der Waals surface area contributed by atoms with E-state index in [1.807, 2.05) is 0 Å². The highest BCUT2D eigenvalue weighted by molar-refractivity contribution is 5.94. The maximum atomic E-state index is 13.8. The summed E-state index contributed by atoms with van der Waals surface area (Å²) in [5, 5.41) is 10.5. The van der Waals surface area contributed by atoms with Crippen molar-refractivity contribution in [2.75, 3.05) is 26.2 Å². The molecule has 116 valence electrons. The average Bonchev–Trinajstić information content (AvgIpc) is 2.46. The summed E-state index contributed by atoms with van der Waals surface area (Å²) in [7, 11) is 0. The second-order valence-electron chi connectivity index (χ2n) is 4.40. The van der Waals surface area contributed by atoms with Crippen LogP contribution in [0.15, 0.2) is 18.2 Å². The first-order chi connectivity index (χ1) is 9.52. The minimum Gasteiger partial charge on any atom is -0.373 e. The van der Waals surface area contributed by atoms with Gasteiger partial charge in [-0.05, 0) is 6.07 Å². The van der Waals surface area contributed by atoms with Gasteiger partial charge in [0.15, 0.2) is 0 Å². The zero-order valence-corrected chi connectivity index (χ0v) is 11.8. The van der Waals surface area contributed by atoms with Gasteiger partial charge in [-0.25, -0.2) is 4.39 Å². The summed E-state index contributed by atoms with van der Waals surface area (Å²) in [5.41, 5.74) is 4.90. The molecule has 0 saturated carbocycles. The molecule has 0 aliphatic carbocycles. The minimum absolute atomic E-state index is 0. The number of hydrogen-bond acceptors (Lipinski definition) is 5. The lowest BCUT2D eigenvalue weighted by Gasteiger charge is -2.32. The molecule has 0 spiro atoms. The zero-order chi connectivity index (χ0) is 14.7. The number of benzene rings is 1. The topological polar surface area (TPSA) is 98.7 Å². The van der Waals surface area contributed by atoms with E-state index in [0.717, 1.165) is 18.2 Å². The Kier molecular flexibility index (Phi) is 6.01. The second-order valence-corrected chi connectivity index (χ2v) is 4.40. The third kappa shape index (κ3) is 3.87. The molecule has 1 heterocycles. The number of hydrogen-bond donors (Lipinski definition) is 1. The molecule has 21 heavy (non-hydrogen) atoms. The summed E-state index contributed by atoms with van der Waals surface area (Å²) in [6, 6.07) is 2.98. The lowest BCUT2D eigenvalue weighted by Crippen LogP contribution is -2.48. The van der Waals surface area contributed by atoms with Crippen molar-refractivity contribution >= 4 is 24.0 Å². The van der Waals surface area contributed by atoms with Crippen molar-refractivity contribution in [1.29, 1.82) is 0 Å². The Morgan fingerprint density at radius 1 is 1.57 bits per heavy atom. The van der Waals surface area contributed by atoms with Gasteiger partial charge >= 0.3 is 0 Å². The molecule has 1 aliphatic heterocycles. The number of non-ortho nitro benzene ring substituents is 1. The van der Waals surface area contributed by atoms with Gasteiger partial charge in [0.05, 0.1) is 29.3 Å². The fourth-order valence-electron chi connectivity index (χ4n) is 2.01. The first kappa shape index (κ1) is 17.3.